The molecule has 1 heterocycles. The highest BCUT2D eigenvalue weighted by atomic mass is 16.5. The molecule has 35 heavy (non-hydrogen) atoms. The van der Waals surface area contributed by atoms with E-state index >= 15 is 0 Å². The number of aromatic nitrogens is 2. The van der Waals surface area contributed by atoms with Crippen molar-refractivity contribution in [2.45, 2.75) is 26.5 Å². The molecule has 0 bridgehead atoms. The van der Waals surface area contributed by atoms with Crippen LogP contribution >= 0.6 is 0 Å². The van der Waals surface area contributed by atoms with E-state index in [-0.39, 0.29) is 24.0 Å². The van der Waals surface area contributed by atoms with Gasteiger partial charge in [0.25, 0.3) is 5.56 Å². The summed E-state index contributed by atoms with van der Waals surface area (Å²) in [7, 11) is 2.69. The van der Waals surface area contributed by atoms with Gasteiger partial charge >= 0.3 is 11.7 Å². The highest BCUT2D eigenvalue weighted by Crippen LogP contribution is 2.29. The average molecular weight is 482 g/mol. The number of nitrogen functional groups attached to an aromatic ring is 1. The first-order chi connectivity index (χ1) is 16.6. The van der Waals surface area contributed by atoms with Gasteiger partial charge < -0.3 is 19.9 Å². The summed E-state index contributed by atoms with van der Waals surface area (Å²) in [6, 6.07) is 13.4. The molecule has 0 aliphatic heterocycles. The summed E-state index contributed by atoms with van der Waals surface area (Å²) in [6.45, 7) is 3.02. The largest absolute Gasteiger partial charge is 0.493 e. The van der Waals surface area contributed by atoms with Crippen LogP contribution in [0.1, 0.15) is 40.1 Å². The van der Waals surface area contributed by atoms with Gasteiger partial charge in [0, 0.05) is 7.05 Å². The summed E-state index contributed by atoms with van der Waals surface area (Å²) >= 11 is 0. The van der Waals surface area contributed by atoms with Crippen molar-refractivity contribution in [1.82, 2.24) is 9.13 Å². The normalized spacial score (nSPS) is 10.8. The van der Waals surface area contributed by atoms with E-state index in [4.69, 9.17) is 19.9 Å². The van der Waals surface area contributed by atoms with Crippen molar-refractivity contribution in [2.24, 2.45) is 7.05 Å². The van der Waals surface area contributed by atoms with E-state index in [1.165, 1.54) is 26.3 Å². The van der Waals surface area contributed by atoms with E-state index in [1.54, 1.807) is 30.3 Å². The molecular formula is C25H27N3O7. The molecule has 2 N–H and O–H groups in total. The Morgan fingerprint density at radius 3 is 2.34 bits per heavy atom. The summed E-state index contributed by atoms with van der Waals surface area (Å²) in [5.41, 5.74) is 5.00. The molecule has 10 heteroatoms. The fourth-order valence-electron chi connectivity index (χ4n) is 3.40. The SMILES string of the molecule is COc1cc(C(=O)OCC(=O)c2c(N)n(Cc3ccccc3)c(=O)n(C)c2=O)ccc1OC(C)C. The minimum Gasteiger partial charge on any atom is -0.493 e. The Morgan fingerprint density at radius 1 is 1.03 bits per heavy atom. The fourth-order valence-corrected chi connectivity index (χ4v) is 3.40. The Labute approximate surface area is 201 Å². The Bertz CT molecular complexity index is 1360. The first kappa shape index (κ1) is 25.3. The van der Waals surface area contributed by atoms with Crippen molar-refractivity contribution in [3.05, 3.63) is 86.1 Å². The van der Waals surface area contributed by atoms with Crippen LogP contribution in [0.25, 0.3) is 0 Å². The summed E-state index contributed by atoms with van der Waals surface area (Å²) in [6.07, 6.45) is -0.0995. The van der Waals surface area contributed by atoms with Crippen LogP contribution in [0.4, 0.5) is 5.82 Å². The number of hydrogen-bond donors (Lipinski definition) is 1. The van der Waals surface area contributed by atoms with Gasteiger partial charge in [0.2, 0.25) is 5.78 Å². The predicted octanol–water partition coefficient (Wildman–Crippen LogP) is 2.01. The molecule has 3 aromatic rings. The molecule has 10 nitrogen and oxygen atoms in total. The highest BCUT2D eigenvalue weighted by Gasteiger charge is 2.23. The number of carbonyl (C=O) groups excluding carboxylic acids is 2. The van der Waals surface area contributed by atoms with Crippen molar-refractivity contribution < 1.29 is 23.8 Å². The highest BCUT2D eigenvalue weighted by molar-refractivity contribution is 6.02. The maximum Gasteiger partial charge on any atom is 0.338 e. The number of hydrogen-bond acceptors (Lipinski definition) is 8. The number of ether oxygens (including phenoxy) is 3. The number of methoxy groups -OCH3 is 1. The third-order valence-electron chi connectivity index (χ3n) is 5.14. The molecule has 0 aliphatic carbocycles. The molecular weight excluding hydrogens is 454 g/mol. The van der Waals surface area contributed by atoms with Crippen molar-refractivity contribution in [2.75, 3.05) is 19.5 Å². The van der Waals surface area contributed by atoms with Gasteiger partial charge in [0.05, 0.1) is 25.3 Å². The lowest BCUT2D eigenvalue weighted by Crippen LogP contribution is -2.43. The molecule has 0 aliphatic rings. The van der Waals surface area contributed by atoms with Gasteiger partial charge in [-0.3, -0.25) is 18.7 Å². The number of ketones is 1. The zero-order valence-electron chi connectivity index (χ0n) is 19.9. The van der Waals surface area contributed by atoms with Gasteiger partial charge in [-0.2, -0.15) is 0 Å². The van der Waals surface area contributed by atoms with Crippen LogP contribution in [0.3, 0.4) is 0 Å². The molecule has 1 aromatic heterocycles. The molecule has 0 saturated heterocycles. The van der Waals surface area contributed by atoms with Crippen molar-refractivity contribution in [3.8, 4) is 11.5 Å². The standard InChI is InChI=1S/C25H27N3O7/c1-15(2)35-19-11-10-17(12-20(19)33-4)24(31)34-14-18(29)21-22(26)28(25(32)27(3)23(21)30)13-16-8-6-5-7-9-16/h5-12,15H,13-14,26H2,1-4H3. The zero-order chi connectivity index (χ0) is 25.7. The summed E-state index contributed by atoms with van der Waals surface area (Å²) in [5, 5.41) is 0. The molecule has 2 aromatic carbocycles. The number of Topliss-reactive ketones (excluding diaryl/α,β-unsaturated/α-hetero) is 1. The lowest BCUT2D eigenvalue weighted by molar-refractivity contribution is 0.0473. The van der Waals surface area contributed by atoms with E-state index in [9.17, 15) is 19.2 Å². The molecule has 0 fully saturated rings. The zero-order valence-corrected chi connectivity index (χ0v) is 19.9. The number of anilines is 1. The number of rotatable bonds is 9. The van der Waals surface area contributed by atoms with E-state index in [0.29, 0.717) is 11.5 Å². The lowest BCUT2D eigenvalue weighted by Gasteiger charge is -2.15. The van der Waals surface area contributed by atoms with Crippen molar-refractivity contribution in [3.63, 3.8) is 0 Å². The Kier molecular flexibility index (Phi) is 7.75. The Balaban J connectivity index is 1.83. The van der Waals surface area contributed by atoms with Crippen LogP contribution in [0.2, 0.25) is 0 Å². The van der Waals surface area contributed by atoms with Crippen LogP contribution in [0.15, 0.2) is 58.1 Å². The van der Waals surface area contributed by atoms with Gasteiger partial charge in [-0.1, -0.05) is 30.3 Å². The van der Waals surface area contributed by atoms with Crippen LogP contribution in [0.5, 0.6) is 11.5 Å². The van der Waals surface area contributed by atoms with Crippen LogP contribution in [-0.4, -0.2) is 40.7 Å². The molecule has 0 radical (unpaired) electrons. The Hall–Kier alpha value is -4.34. The predicted molar refractivity (Wildman–Crippen MR) is 129 cm³/mol. The number of esters is 1. The monoisotopic (exact) mass is 481 g/mol. The Morgan fingerprint density at radius 2 is 1.71 bits per heavy atom. The molecule has 0 spiro atoms. The maximum atomic E-state index is 12.9. The first-order valence-electron chi connectivity index (χ1n) is 10.8. The van der Waals surface area contributed by atoms with Crippen molar-refractivity contribution >= 4 is 17.6 Å². The van der Waals surface area contributed by atoms with E-state index in [2.05, 4.69) is 0 Å². The van der Waals surface area contributed by atoms with Gasteiger partial charge in [-0.05, 0) is 37.6 Å². The third kappa shape index (κ3) is 5.60. The fraction of sp³-hybridized carbons (Fsp3) is 0.280. The second kappa shape index (κ2) is 10.7. The van der Waals surface area contributed by atoms with E-state index in [1.807, 2.05) is 19.9 Å². The van der Waals surface area contributed by atoms with Gasteiger partial charge in [0.1, 0.15) is 11.4 Å². The third-order valence-corrected chi connectivity index (χ3v) is 5.14. The van der Waals surface area contributed by atoms with Gasteiger partial charge in [-0.15, -0.1) is 0 Å². The quantitative estimate of drug-likeness (QED) is 0.363. The molecule has 0 atom stereocenters. The van der Waals surface area contributed by atoms with Gasteiger partial charge in [-0.25, -0.2) is 9.59 Å². The van der Waals surface area contributed by atoms with Crippen LogP contribution in [-0.2, 0) is 18.3 Å². The molecule has 184 valence electrons. The molecule has 0 saturated carbocycles. The minimum absolute atomic E-state index is 0.0598. The summed E-state index contributed by atoms with van der Waals surface area (Å²) in [5.74, 6) is -1.15. The van der Waals surface area contributed by atoms with Crippen molar-refractivity contribution in [1.29, 1.82) is 0 Å². The van der Waals surface area contributed by atoms with Gasteiger partial charge in [0.15, 0.2) is 18.1 Å². The topological polar surface area (TPSA) is 132 Å². The number of nitrogens with two attached hydrogens (primary N) is 1. The molecule has 0 unspecified atom stereocenters. The second-order valence-electron chi connectivity index (χ2n) is 8.01. The number of carbonyl (C=O) groups is 2. The smallest absolute Gasteiger partial charge is 0.338 e. The summed E-state index contributed by atoms with van der Waals surface area (Å²) < 4.78 is 17.9. The maximum absolute atomic E-state index is 12.9. The second-order valence-corrected chi connectivity index (χ2v) is 8.01. The summed E-state index contributed by atoms with van der Waals surface area (Å²) in [4.78, 5) is 50.7. The minimum atomic E-state index is -0.866. The van der Waals surface area contributed by atoms with E-state index in [0.717, 1.165) is 14.7 Å². The van der Waals surface area contributed by atoms with Crippen LogP contribution < -0.4 is 26.5 Å². The first-order valence-corrected chi connectivity index (χ1v) is 10.8. The van der Waals surface area contributed by atoms with Crippen LogP contribution in [0, 0.1) is 0 Å². The lowest BCUT2D eigenvalue weighted by atomic mass is 10.1. The molecule has 3 rings (SSSR count). The number of nitrogens with zero attached hydrogens (tertiary/aromatic N) is 2. The molecule has 0 amide bonds. The number of benzene rings is 2. The van der Waals surface area contributed by atoms with E-state index < -0.39 is 35.2 Å². The average Bonchev–Trinajstić information content (AvgIpc) is 2.84.